The molecule has 1 aliphatic heterocycles. The molecule has 0 saturated carbocycles. The number of fused-ring (bicyclic) bond motifs is 1. The molecule has 0 spiro atoms. The summed E-state index contributed by atoms with van der Waals surface area (Å²) in [5, 5.41) is 0. The van der Waals surface area contributed by atoms with Gasteiger partial charge < -0.3 is 9.47 Å². The number of thioether (sulfide) groups is 1. The van der Waals surface area contributed by atoms with Gasteiger partial charge in [-0.1, -0.05) is 6.07 Å². The minimum Gasteiger partial charge on any atom is -0.338 e. The highest BCUT2D eigenvalue weighted by Gasteiger charge is 2.20. The van der Waals surface area contributed by atoms with Crippen molar-refractivity contribution in [2.24, 2.45) is 0 Å². The van der Waals surface area contributed by atoms with Crippen molar-refractivity contribution in [3.05, 3.63) is 62.4 Å². The van der Waals surface area contributed by atoms with E-state index in [0.29, 0.717) is 13.1 Å². The number of aryl methyl sites for hydroxylation is 1. The molecule has 1 aliphatic rings. The summed E-state index contributed by atoms with van der Waals surface area (Å²) < 4.78 is 1.35. The maximum atomic E-state index is 12.4. The Labute approximate surface area is 143 Å². The van der Waals surface area contributed by atoms with Gasteiger partial charge in [0, 0.05) is 43.2 Å². The number of nitrogens with zero attached hydrogens (tertiary/aromatic N) is 2. The summed E-state index contributed by atoms with van der Waals surface area (Å²) in [7, 11) is 0. The van der Waals surface area contributed by atoms with Crippen LogP contribution in [0.5, 0.6) is 0 Å². The molecule has 2 aromatic rings. The molecule has 6 nitrogen and oxygen atoms in total. The number of benzene rings is 1. The molecule has 0 saturated heterocycles. The van der Waals surface area contributed by atoms with Gasteiger partial charge in [-0.3, -0.25) is 14.6 Å². The van der Waals surface area contributed by atoms with E-state index in [1.165, 1.54) is 32.9 Å². The first kappa shape index (κ1) is 16.6. The first-order valence-corrected chi connectivity index (χ1v) is 9.02. The van der Waals surface area contributed by atoms with E-state index in [1.807, 2.05) is 4.90 Å². The molecule has 0 fully saturated rings. The van der Waals surface area contributed by atoms with Crippen molar-refractivity contribution in [3.8, 4) is 0 Å². The van der Waals surface area contributed by atoms with Gasteiger partial charge >= 0.3 is 5.69 Å². The van der Waals surface area contributed by atoms with Crippen LogP contribution in [0.4, 0.5) is 0 Å². The minimum atomic E-state index is -0.483. The van der Waals surface area contributed by atoms with Gasteiger partial charge in [-0.25, -0.2) is 4.79 Å². The Kier molecular flexibility index (Phi) is 4.89. The van der Waals surface area contributed by atoms with E-state index in [0.717, 1.165) is 6.42 Å². The molecule has 1 N–H and O–H groups in total. The van der Waals surface area contributed by atoms with E-state index in [2.05, 4.69) is 29.4 Å². The van der Waals surface area contributed by atoms with Crippen molar-refractivity contribution < 1.29 is 4.79 Å². The summed E-state index contributed by atoms with van der Waals surface area (Å²) in [5.41, 5.74) is 1.58. The molecule has 1 amide bonds. The molecular formula is C17H19N3O3S. The Morgan fingerprint density at radius 3 is 2.83 bits per heavy atom. The van der Waals surface area contributed by atoms with Crippen LogP contribution in [0.2, 0.25) is 0 Å². The number of hydrogen-bond donors (Lipinski definition) is 1. The smallest absolute Gasteiger partial charge is 0.328 e. The molecule has 1 aromatic carbocycles. The lowest BCUT2D eigenvalue weighted by Crippen LogP contribution is -2.37. The second kappa shape index (κ2) is 7.09. The summed E-state index contributed by atoms with van der Waals surface area (Å²) in [6.45, 7) is 1.58. The van der Waals surface area contributed by atoms with Gasteiger partial charge in [-0.05, 0) is 35.9 Å². The van der Waals surface area contributed by atoms with Gasteiger partial charge in [-0.15, -0.1) is 11.8 Å². The molecule has 7 heteroatoms. The SMILES string of the molecule is CSc1ccc2c(c1)CCN(C(=O)CCn1ccc(=O)[nH]c1=O)C2. The third-order valence-electron chi connectivity index (χ3n) is 4.24. The lowest BCUT2D eigenvalue weighted by atomic mass is 9.99. The van der Waals surface area contributed by atoms with E-state index in [9.17, 15) is 14.4 Å². The topological polar surface area (TPSA) is 75.2 Å². The fraction of sp³-hybridized carbons (Fsp3) is 0.353. The zero-order valence-electron chi connectivity index (χ0n) is 13.4. The predicted molar refractivity (Wildman–Crippen MR) is 93.3 cm³/mol. The monoisotopic (exact) mass is 345 g/mol. The molecular weight excluding hydrogens is 326 g/mol. The Hall–Kier alpha value is -2.28. The number of aromatic amines is 1. The second-order valence-corrected chi connectivity index (χ2v) is 6.63. The molecule has 0 atom stereocenters. The van der Waals surface area contributed by atoms with Crippen LogP contribution in [0, 0.1) is 0 Å². The van der Waals surface area contributed by atoms with E-state index in [4.69, 9.17) is 0 Å². The van der Waals surface area contributed by atoms with E-state index in [-0.39, 0.29) is 18.9 Å². The Morgan fingerprint density at radius 2 is 2.08 bits per heavy atom. The van der Waals surface area contributed by atoms with Gasteiger partial charge in [0.2, 0.25) is 5.91 Å². The minimum absolute atomic E-state index is 0.0210. The number of aromatic nitrogens is 2. The maximum absolute atomic E-state index is 12.4. The summed E-state index contributed by atoms with van der Waals surface area (Å²) in [5.74, 6) is 0.0210. The molecule has 2 heterocycles. The van der Waals surface area contributed by atoms with Crippen molar-refractivity contribution in [3.63, 3.8) is 0 Å². The highest BCUT2D eigenvalue weighted by atomic mass is 32.2. The molecule has 1 aromatic heterocycles. The highest BCUT2D eigenvalue weighted by Crippen LogP contribution is 2.24. The van der Waals surface area contributed by atoms with E-state index in [1.54, 1.807) is 11.8 Å². The molecule has 0 bridgehead atoms. The van der Waals surface area contributed by atoms with Crippen LogP contribution in [0.15, 0.2) is 44.9 Å². The zero-order valence-corrected chi connectivity index (χ0v) is 14.3. The maximum Gasteiger partial charge on any atom is 0.328 e. The van der Waals surface area contributed by atoms with Crippen LogP contribution in [0.25, 0.3) is 0 Å². The second-order valence-electron chi connectivity index (χ2n) is 5.75. The Bertz CT molecular complexity index is 872. The van der Waals surface area contributed by atoms with Gasteiger partial charge in [0.15, 0.2) is 0 Å². The van der Waals surface area contributed by atoms with Crippen molar-refractivity contribution in [1.29, 1.82) is 0 Å². The summed E-state index contributed by atoms with van der Waals surface area (Å²) >= 11 is 1.72. The van der Waals surface area contributed by atoms with Crippen LogP contribution in [-0.2, 0) is 24.3 Å². The van der Waals surface area contributed by atoms with Crippen LogP contribution >= 0.6 is 11.8 Å². The quantitative estimate of drug-likeness (QED) is 0.846. The van der Waals surface area contributed by atoms with Crippen LogP contribution in [-0.4, -0.2) is 33.2 Å². The number of rotatable bonds is 4. The molecule has 0 unspecified atom stereocenters. The fourth-order valence-corrected chi connectivity index (χ4v) is 3.33. The number of carbonyl (C=O) groups is 1. The van der Waals surface area contributed by atoms with Crippen molar-refractivity contribution in [2.45, 2.75) is 30.8 Å². The average Bonchev–Trinajstić information content (AvgIpc) is 2.59. The Balaban J connectivity index is 1.63. The normalized spacial score (nSPS) is 13.6. The van der Waals surface area contributed by atoms with Gasteiger partial charge in [-0.2, -0.15) is 0 Å². The number of hydrogen-bond acceptors (Lipinski definition) is 4. The lowest BCUT2D eigenvalue weighted by molar-refractivity contribution is -0.132. The standard InChI is InChI=1S/C17H19N3O3S/c1-24-14-3-2-13-11-20(7-4-12(13)10-14)16(22)6-9-19-8-5-15(21)18-17(19)23/h2-3,5,8,10H,4,6-7,9,11H2,1H3,(H,18,21,23). The van der Waals surface area contributed by atoms with Crippen LogP contribution in [0.3, 0.4) is 0 Å². The van der Waals surface area contributed by atoms with E-state index < -0.39 is 11.2 Å². The summed E-state index contributed by atoms with van der Waals surface area (Å²) in [4.78, 5) is 40.4. The fourth-order valence-electron chi connectivity index (χ4n) is 2.86. The average molecular weight is 345 g/mol. The van der Waals surface area contributed by atoms with Crippen molar-refractivity contribution >= 4 is 17.7 Å². The van der Waals surface area contributed by atoms with Gasteiger partial charge in [0.1, 0.15) is 0 Å². The lowest BCUT2D eigenvalue weighted by Gasteiger charge is -2.29. The number of amides is 1. The molecule has 3 rings (SSSR count). The highest BCUT2D eigenvalue weighted by molar-refractivity contribution is 7.98. The van der Waals surface area contributed by atoms with Gasteiger partial charge in [0.25, 0.3) is 5.56 Å². The molecule has 24 heavy (non-hydrogen) atoms. The van der Waals surface area contributed by atoms with Gasteiger partial charge in [0.05, 0.1) is 0 Å². The third-order valence-corrected chi connectivity index (χ3v) is 4.97. The largest absolute Gasteiger partial charge is 0.338 e. The molecule has 0 radical (unpaired) electrons. The first-order valence-electron chi connectivity index (χ1n) is 7.80. The Morgan fingerprint density at radius 1 is 1.25 bits per heavy atom. The number of H-pyrrole nitrogens is 1. The van der Waals surface area contributed by atoms with Crippen molar-refractivity contribution in [1.82, 2.24) is 14.5 Å². The van der Waals surface area contributed by atoms with Crippen molar-refractivity contribution in [2.75, 3.05) is 12.8 Å². The third kappa shape index (κ3) is 3.62. The van der Waals surface area contributed by atoms with Crippen LogP contribution in [0.1, 0.15) is 17.5 Å². The summed E-state index contributed by atoms with van der Waals surface area (Å²) in [6, 6.07) is 7.65. The molecule has 126 valence electrons. The predicted octanol–water partition coefficient (Wildman–Crippen LogP) is 1.23. The van der Waals surface area contributed by atoms with E-state index >= 15 is 0 Å². The number of nitrogens with one attached hydrogen (secondary N) is 1. The molecule has 0 aliphatic carbocycles. The zero-order chi connectivity index (χ0) is 17.1. The first-order chi connectivity index (χ1) is 11.6. The number of carbonyl (C=O) groups excluding carboxylic acids is 1. The van der Waals surface area contributed by atoms with Crippen LogP contribution < -0.4 is 11.2 Å². The summed E-state index contributed by atoms with van der Waals surface area (Å²) in [6.07, 6.45) is 4.57.